The van der Waals surface area contributed by atoms with Crippen LogP contribution in [0.2, 0.25) is 5.15 Å². The SMILES string of the molecule is CCCC(CCO)CNc1ccnc(Cl)c1. The Labute approximate surface area is 102 Å². The molecule has 1 aromatic rings. The summed E-state index contributed by atoms with van der Waals surface area (Å²) in [7, 11) is 0. The van der Waals surface area contributed by atoms with Crippen molar-refractivity contribution in [2.24, 2.45) is 5.92 Å². The van der Waals surface area contributed by atoms with E-state index in [1.54, 1.807) is 6.20 Å². The van der Waals surface area contributed by atoms with Gasteiger partial charge in [0.1, 0.15) is 5.15 Å². The van der Waals surface area contributed by atoms with Crippen LogP contribution in [0.5, 0.6) is 0 Å². The molecule has 1 unspecified atom stereocenters. The van der Waals surface area contributed by atoms with Gasteiger partial charge in [-0.2, -0.15) is 0 Å². The fourth-order valence-electron chi connectivity index (χ4n) is 1.71. The maximum Gasteiger partial charge on any atom is 0.131 e. The first-order valence-electron chi connectivity index (χ1n) is 5.72. The van der Waals surface area contributed by atoms with Gasteiger partial charge in [-0.05, 0) is 30.9 Å². The molecule has 0 spiro atoms. The maximum atomic E-state index is 8.95. The monoisotopic (exact) mass is 242 g/mol. The first-order chi connectivity index (χ1) is 7.76. The molecule has 90 valence electrons. The Hall–Kier alpha value is -0.800. The van der Waals surface area contributed by atoms with E-state index in [2.05, 4.69) is 17.2 Å². The Morgan fingerprint density at radius 1 is 1.50 bits per heavy atom. The van der Waals surface area contributed by atoms with Crippen molar-refractivity contribution in [3.05, 3.63) is 23.5 Å². The van der Waals surface area contributed by atoms with Gasteiger partial charge >= 0.3 is 0 Å². The highest BCUT2D eigenvalue weighted by atomic mass is 35.5. The molecule has 3 nitrogen and oxygen atoms in total. The molecule has 0 aliphatic rings. The average molecular weight is 243 g/mol. The number of rotatable bonds is 7. The van der Waals surface area contributed by atoms with Crippen molar-refractivity contribution in [2.75, 3.05) is 18.5 Å². The minimum absolute atomic E-state index is 0.253. The molecule has 0 fully saturated rings. The predicted molar refractivity (Wildman–Crippen MR) is 67.8 cm³/mol. The van der Waals surface area contributed by atoms with E-state index in [9.17, 15) is 0 Å². The third-order valence-electron chi connectivity index (χ3n) is 2.56. The largest absolute Gasteiger partial charge is 0.396 e. The lowest BCUT2D eigenvalue weighted by Crippen LogP contribution is -2.15. The Balaban J connectivity index is 2.41. The van der Waals surface area contributed by atoms with Crippen LogP contribution in [-0.2, 0) is 0 Å². The lowest BCUT2D eigenvalue weighted by Gasteiger charge is -2.16. The molecule has 2 N–H and O–H groups in total. The average Bonchev–Trinajstić information content (AvgIpc) is 2.27. The van der Waals surface area contributed by atoms with Gasteiger partial charge in [0.2, 0.25) is 0 Å². The number of anilines is 1. The van der Waals surface area contributed by atoms with E-state index in [0.29, 0.717) is 11.1 Å². The van der Waals surface area contributed by atoms with Gasteiger partial charge in [0, 0.05) is 25.0 Å². The van der Waals surface area contributed by atoms with E-state index in [1.165, 1.54) is 0 Å². The minimum Gasteiger partial charge on any atom is -0.396 e. The second-order valence-electron chi connectivity index (χ2n) is 3.92. The number of hydrogen-bond donors (Lipinski definition) is 2. The standard InChI is InChI=1S/C12H19ClN2O/c1-2-3-10(5-7-16)9-15-11-4-6-14-12(13)8-11/h4,6,8,10,16H,2-3,5,7,9H2,1H3,(H,14,15). The highest BCUT2D eigenvalue weighted by molar-refractivity contribution is 6.29. The lowest BCUT2D eigenvalue weighted by atomic mass is 10.0. The Morgan fingerprint density at radius 3 is 2.94 bits per heavy atom. The summed E-state index contributed by atoms with van der Waals surface area (Å²) in [6, 6.07) is 3.71. The lowest BCUT2D eigenvalue weighted by molar-refractivity contribution is 0.255. The molecule has 0 saturated carbocycles. The molecule has 1 rings (SSSR count). The molecule has 1 heterocycles. The van der Waals surface area contributed by atoms with Gasteiger partial charge in [0.05, 0.1) is 0 Å². The number of aromatic nitrogens is 1. The number of aliphatic hydroxyl groups excluding tert-OH is 1. The maximum absolute atomic E-state index is 8.95. The summed E-state index contributed by atoms with van der Waals surface area (Å²) in [5.74, 6) is 0.516. The van der Waals surface area contributed by atoms with Gasteiger partial charge in [-0.1, -0.05) is 24.9 Å². The minimum atomic E-state index is 0.253. The normalized spacial score (nSPS) is 12.4. The van der Waals surface area contributed by atoms with Gasteiger partial charge in [-0.25, -0.2) is 4.98 Å². The fraction of sp³-hybridized carbons (Fsp3) is 0.583. The van der Waals surface area contributed by atoms with Crippen molar-refractivity contribution in [3.8, 4) is 0 Å². The van der Waals surface area contributed by atoms with Crippen molar-refractivity contribution in [3.63, 3.8) is 0 Å². The van der Waals surface area contributed by atoms with Crippen LogP contribution in [0.15, 0.2) is 18.3 Å². The molecule has 0 bridgehead atoms. The second-order valence-corrected chi connectivity index (χ2v) is 4.30. The van der Waals surface area contributed by atoms with Crippen molar-refractivity contribution < 1.29 is 5.11 Å². The molecular weight excluding hydrogens is 224 g/mol. The van der Waals surface area contributed by atoms with E-state index < -0.39 is 0 Å². The number of nitrogens with one attached hydrogen (secondary N) is 1. The smallest absolute Gasteiger partial charge is 0.131 e. The van der Waals surface area contributed by atoms with Crippen LogP contribution in [-0.4, -0.2) is 23.2 Å². The first kappa shape index (κ1) is 13.3. The van der Waals surface area contributed by atoms with Crippen molar-refractivity contribution in [2.45, 2.75) is 26.2 Å². The van der Waals surface area contributed by atoms with Crippen molar-refractivity contribution >= 4 is 17.3 Å². The zero-order valence-corrected chi connectivity index (χ0v) is 10.4. The van der Waals surface area contributed by atoms with Crippen LogP contribution >= 0.6 is 11.6 Å². The zero-order chi connectivity index (χ0) is 11.8. The summed E-state index contributed by atoms with van der Waals surface area (Å²) < 4.78 is 0. The topological polar surface area (TPSA) is 45.1 Å². The number of pyridine rings is 1. The van der Waals surface area contributed by atoms with Crippen LogP contribution in [0.25, 0.3) is 0 Å². The van der Waals surface area contributed by atoms with E-state index in [1.807, 2.05) is 12.1 Å². The molecule has 1 aromatic heterocycles. The first-order valence-corrected chi connectivity index (χ1v) is 6.10. The van der Waals surface area contributed by atoms with Crippen LogP contribution < -0.4 is 5.32 Å². The molecule has 1 atom stereocenters. The zero-order valence-electron chi connectivity index (χ0n) is 9.62. The number of aliphatic hydroxyl groups is 1. The molecule has 0 saturated heterocycles. The number of hydrogen-bond acceptors (Lipinski definition) is 3. The van der Waals surface area contributed by atoms with Crippen LogP contribution in [0.1, 0.15) is 26.2 Å². The van der Waals surface area contributed by atoms with Gasteiger partial charge in [-0.15, -0.1) is 0 Å². The quantitative estimate of drug-likeness (QED) is 0.723. The molecule has 0 radical (unpaired) electrons. The van der Waals surface area contributed by atoms with Crippen molar-refractivity contribution in [1.82, 2.24) is 4.98 Å². The molecule has 0 amide bonds. The molecule has 16 heavy (non-hydrogen) atoms. The highest BCUT2D eigenvalue weighted by Gasteiger charge is 2.06. The molecular formula is C12H19ClN2O. The van der Waals surface area contributed by atoms with E-state index in [0.717, 1.165) is 31.5 Å². The number of halogens is 1. The van der Waals surface area contributed by atoms with Crippen LogP contribution in [0.4, 0.5) is 5.69 Å². The van der Waals surface area contributed by atoms with Crippen LogP contribution in [0.3, 0.4) is 0 Å². The summed E-state index contributed by atoms with van der Waals surface area (Å²) in [5.41, 5.74) is 0.985. The van der Waals surface area contributed by atoms with E-state index >= 15 is 0 Å². The summed E-state index contributed by atoms with van der Waals surface area (Å²) in [5, 5.41) is 12.8. The van der Waals surface area contributed by atoms with Crippen molar-refractivity contribution in [1.29, 1.82) is 0 Å². The summed E-state index contributed by atoms with van der Waals surface area (Å²) in [6.45, 7) is 3.28. The van der Waals surface area contributed by atoms with E-state index in [-0.39, 0.29) is 6.61 Å². The summed E-state index contributed by atoms with van der Waals surface area (Å²) in [4.78, 5) is 3.93. The Morgan fingerprint density at radius 2 is 2.31 bits per heavy atom. The second kappa shape index (κ2) is 7.47. The fourth-order valence-corrected chi connectivity index (χ4v) is 1.89. The molecule has 0 aromatic carbocycles. The van der Waals surface area contributed by atoms with Gasteiger partial charge in [0.15, 0.2) is 0 Å². The molecule has 4 heteroatoms. The highest BCUT2D eigenvalue weighted by Crippen LogP contribution is 2.15. The summed E-state index contributed by atoms with van der Waals surface area (Å²) >= 11 is 5.79. The summed E-state index contributed by atoms with van der Waals surface area (Å²) in [6.07, 6.45) is 4.81. The Bertz CT molecular complexity index is 301. The van der Waals surface area contributed by atoms with Crippen LogP contribution in [0, 0.1) is 5.92 Å². The molecule has 0 aliphatic heterocycles. The Kier molecular flexibility index (Phi) is 6.19. The van der Waals surface area contributed by atoms with Gasteiger partial charge < -0.3 is 10.4 Å². The third kappa shape index (κ3) is 4.81. The van der Waals surface area contributed by atoms with Gasteiger partial charge in [0.25, 0.3) is 0 Å². The number of nitrogens with zero attached hydrogens (tertiary/aromatic N) is 1. The third-order valence-corrected chi connectivity index (χ3v) is 2.76. The van der Waals surface area contributed by atoms with E-state index in [4.69, 9.17) is 16.7 Å². The van der Waals surface area contributed by atoms with Gasteiger partial charge in [-0.3, -0.25) is 0 Å². The predicted octanol–water partition coefficient (Wildman–Crippen LogP) is 2.95. The molecule has 0 aliphatic carbocycles.